The fourth-order valence-electron chi connectivity index (χ4n) is 1.86. The normalized spacial score (nSPS) is 10.5. The van der Waals surface area contributed by atoms with Crippen LogP contribution in [0.1, 0.15) is 19.4 Å². The van der Waals surface area contributed by atoms with E-state index in [-0.39, 0.29) is 5.95 Å². The number of anilines is 2. The summed E-state index contributed by atoms with van der Waals surface area (Å²) < 4.78 is 0. The van der Waals surface area contributed by atoms with Crippen LogP contribution in [0.2, 0.25) is 0 Å². The molecule has 2 rings (SSSR count). The van der Waals surface area contributed by atoms with Crippen molar-refractivity contribution in [3.05, 3.63) is 29.8 Å². The predicted molar refractivity (Wildman–Crippen MR) is 78.0 cm³/mol. The Morgan fingerprint density at radius 2 is 1.63 bits per heavy atom. The van der Waals surface area contributed by atoms with Crippen LogP contribution in [0, 0.1) is 6.92 Å². The first-order valence-corrected chi connectivity index (χ1v) is 6.47. The van der Waals surface area contributed by atoms with Crippen molar-refractivity contribution in [2.45, 2.75) is 20.8 Å². The maximum atomic E-state index is 5.78. The van der Waals surface area contributed by atoms with E-state index in [1.165, 1.54) is 5.56 Å². The van der Waals surface area contributed by atoms with Gasteiger partial charge in [-0.25, -0.2) is 0 Å². The number of hydrogen-bond donors (Lipinski definition) is 1. The van der Waals surface area contributed by atoms with Crippen LogP contribution in [0.5, 0.6) is 0 Å². The molecule has 0 saturated heterocycles. The Bertz CT molecular complexity index is 546. The molecule has 0 radical (unpaired) electrons. The molecule has 19 heavy (non-hydrogen) atoms. The standard InChI is InChI=1S/C14H19N5/c1-4-19(5-2)14-17-12(16-13(15)18-14)11-8-6-10(3)7-9-11/h6-9H,4-5H2,1-3H3,(H2,15,16,17,18). The van der Waals surface area contributed by atoms with Crippen molar-refractivity contribution in [2.75, 3.05) is 23.7 Å². The fraction of sp³-hybridized carbons (Fsp3) is 0.357. The zero-order valence-corrected chi connectivity index (χ0v) is 11.6. The number of rotatable bonds is 4. The Kier molecular flexibility index (Phi) is 3.94. The smallest absolute Gasteiger partial charge is 0.230 e. The van der Waals surface area contributed by atoms with E-state index in [0.717, 1.165) is 18.7 Å². The molecule has 0 unspecified atom stereocenters. The van der Waals surface area contributed by atoms with E-state index in [2.05, 4.69) is 33.7 Å². The highest BCUT2D eigenvalue weighted by Gasteiger charge is 2.10. The number of hydrogen-bond acceptors (Lipinski definition) is 5. The molecule has 2 aromatic rings. The molecule has 0 bridgehead atoms. The summed E-state index contributed by atoms with van der Waals surface area (Å²) in [4.78, 5) is 15.0. The minimum Gasteiger partial charge on any atom is -0.368 e. The van der Waals surface area contributed by atoms with Crippen molar-refractivity contribution in [3.8, 4) is 11.4 Å². The summed E-state index contributed by atoms with van der Waals surface area (Å²) in [6, 6.07) is 8.06. The first kappa shape index (κ1) is 13.3. The zero-order valence-electron chi connectivity index (χ0n) is 11.6. The number of aromatic nitrogens is 3. The Morgan fingerprint density at radius 1 is 1.00 bits per heavy atom. The van der Waals surface area contributed by atoms with E-state index in [1.807, 2.05) is 31.2 Å². The Morgan fingerprint density at radius 3 is 2.21 bits per heavy atom. The van der Waals surface area contributed by atoms with Gasteiger partial charge in [0.1, 0.15) is 0 Å². The SMILES string of the molecule is CCN(CC)c1nc(N)nc(-c2ccc(C)cc2)n1. The Balaban J connectivity index is 2.44. The van der Waals surface area contributed by atoms with Crippen LogP contribution in [0.25, 0.3) is 11.4 Å². The van der Waals surface area contributed by atoms with Crippen LogP contribution in [0.15, 0.2) is 24.3 Å². The number of nitrogens with zero attached hydrogens (tertiary/aromatic N) is 4. The molecule has 100 valence electrons. The van der Waals surface area contributed by atoms with Crippen molar-refractivity contribution in [2.24, 2.45) is 0 Å². The van der Waals surface area contributed by atoms with Crippen molar-refractivity contribution in [3.63, 3.8) is 0 Å². The largest absolute Gasteiger partial charge is 0.368 e. The zero-order chi connectivity index (χ0) is 13.8. The van der Waals surface area contributed by atoms with Gasteiger partial charge in [-0.15, -0.1) is 0 Å². The minimum absolute atomic E-state index is 0.257. The Hall–Kier alpha value is -2.17. The maximum Gasteiger partial charge on any atom is 0.230 e. The second-order valence-corrected chi connectivity index (χ2v) is 4.36. The lowest BCUT2D eigenvalue weighted by Crippen LogP contribution is -2.25. The van der Waals surface area contributed by atoms with E-state index in [0.29, 0.717) is 11.8 Å². The van der Waals surface area contributed by atoms with E-state index in [1.54, 1.807) is 0 Å². The second-order valence-electron chi connectivity index (χ2n) is 4.36. The Labute approximate surface area is 113 Å². The molecule has 0 fully saturated rings. The van der Waals surface area contributed by atoms with E-state index in [9.17, 15) is 0 Å². The number of aryl methyl sites for hydroxylation is 1. The molecule has 5 nitrogen and oxygen atoms in total. The van der Waals surface area contributed by atoms with Crippen LogP contribution in [0.3, 0.4) is 0 Å². The van der Waals surface area contributed by atoms with Gasteiger partial charge in [0.05, 0.1) is 0 Å². The molecule has 0 aliphatic heterocycles. The van der Waals surface area contributed by atoms with Crippen molar-refractivity contribution < 1.29 is 0 Å². The molecule has 1 heterocycles. The monoisotopic (exact) mass is 257 g/mol. The first-order valence-electron chi connectivity index (χ1n) is 6.47. The lowest BCUT2D eigenvalue weighted by Gasteiger charge is -2.18. The van der Waals surface area contributed by atoms with Crippen LogP contribution >= 0.6 is 0 Å². The van der Waals surface area contributed by atoms with Crippen LogP contribution in [-0.2, 0) is 0 Å². The quantitative estimate of drug-likeness (QED) is 0.910. The van der Waals surface area contributed by atoms with Crippen molar-refractivity contribution in [1.29, 1.82) is 0 Å². The lowest BCUT2D eigenvalue weighted by molar-refractivity contribution is 0.816. The van der Waals surface area contributed by atoms with Crippen LogP contribution in [-0.4, -0.2) is 28.0 Å². The highest BCUT2D eigenvalue weighted by atomic mass is 15.3. The molecule has 0 spiro atoms. The van der Waals surface area contributed by atoms with Gasteiger partial charge in [-0.1, -0.05) is 29.8 Å². The molecule has 1 aromatic carbocycles. The molecular weight excluding hydrogens is 238 g/mol. The highest BCUT2D eigenvalue weighted by molar-refractivity contribution is 5.58. The number of benzene rings is 1. The molecule has 0 amide bonds. The average Bonchev–Trinajstić information content (AvgIpc) is 2.40. The number of nitrogens with two attached hydrogens (primary N) is 1. The van der Waals surface area contributed by atoms with Gasteiger partial charge < -0.3 is 10.6 Å². The molecule has 0 aliphatic carbocycles. The minimum atomic E-state index is 0.257. The molecule has 5 heteroatoms. The summed E-state index contributed by atoms with van der Waals surface area (Å²) >= 11 is 0. The third-order valence-electron chi connectivity index (χ3n) is 3.00. The van der Waals surface area contributed by atoms with Gasteiger partial charge in [0.15, 0.2) is 5.82 Å². The summed E-state index contributed by atoms with van der Waals surface area (Å²) in [5.41, 5.74) is 7.94. The molecule has 1 aromatic heterocycles. The molecule has 0 saturated carbocycles. The van der Waals surface area contributed by atoms with Gasteiger partial charge in [0.2, 0.25) is 11.9 Å². The van der Waals surface area contributed by atoms with E-state index in [4.69, 9.17) is 5.73 Å². The number of nitrogen functional groups attached to an aromatic ring is 1. The van der Waals surface area contributed by atoms with Crippen molar-refractivity contribution >= 4 is 11.9 Å². The highest BCUT2D eigenvalue weighted by Crippen LogP contribution is 2.19. The topological polar surface area (TPSA) is 67.9 Å². The summed E-state index contributed by atoms with van der Waals surface area (Å²) in [6.45, 7) is 7.86. The second kappa shape index (κ2) is 5.65. The van der Waals surface area contributed by atoms with Crippen molar-refractivity contribution in [1.82, 2.24) is 15.0 Å². The first-order chi connectivity index (χ1) is 9.13. The summed E-state index contributed by atoms with van der Waals surface area (Å²) in [6.07, 6.45) is 0. The molecule has 0 aliphatic rings. The van der Waals surface area contributed by atoms with Gasteiger partial charge in [-0.05, 0) is 20.8 Å². The van der Waals surface area contributed by atoms with Crippen LogP contribution in [0.4, 0.5) is 11.9 Å². The molecular formula is C14H19N5. The van der Waals surface area contributed by atoms with Gasteiger partial charge in [0, 0.05) is 18.7 Å². The lowest BCUT2D eigenvalue weighted by atomic mass is 10.1. The van der Waals surface area contributed by atoms with E-state index >= 15 is 0 Å². The van der Waals surface area contributed by atoms with Crippen LogP contribution < -0.4 is 10.6 Å². The van der Waals surface area contributed by atoms with Gasteiger partial charge in [0.25, 0.3) is 0 Å². The summed E-state index contributed by atoms with van der Waals surface area (Å²) in [5.74, 6) is 1.51. The van der Waals surface area contributed by atoms with E-state index < -0.39 is 0 Å². The summed E-state index contributed by atoms with van der Waals surface area (Å²) in [5, 5.41) is 0. The third-order valence-corrected chi connectivity index (χ3v) is 3.00. The molecule has 2 N–H and O–H groups in total. The fourth-order valence-corrected chi connectivity index (χ4v) is 1.86. The van der Waals surface area contributed by atoms with Gasteiger partial charge >= 0.3 is 0 Å². The maximum absolute atomic E-state index is 5.78. The van der Waals surface area contributed by atoms with Gasteiger partial charge in [-0.2, -0.15) is 15.0 Å². The summed E-state index contributed by atoms with van der Waals surface area (Å²) in [7, 11) is 0. The molecule has 0 atom stereocenters. The average molecular weight is 257 g/mol. The predicted octanol–water partition coefficient (Wildman–Crippen LogP) is 2.28. The third kappa shape index (κ3) is 2.99. The van der Waals surface area contributed by atoms with Gasteiger partial charge in [-0.3, -0.25) is 0 Å².